The molecule has 0 aromatic heterocycles. The van der Waals surface area contributed by atoms with Crippen LogP contribution in [0.4, 0.5) is 0 Å². The van der Waals surface area contributed by atoms with Crippen molar-refractivity contribution in [1.82, 2.24) is 0 Å². The fourth-order valence-corrected chi connectivity index (χ4v) is 1.69. The van der Waals surface area contributed by atoms with Gasteiger partial charge in [-0.1, -0.05) is 29.8 Å². The van der Waals surface area contributed by atoms with E-state index in [2.05, 4.69) is 6.07 Å². The van der Waals surface area contributed by atoms with Crippen molar-refractivity contribution >= 4 is 11.6 Å². The monoisotopic (exact) mass is 257 g/mol. The van der Waals surface area contributed by atoms with Gasteiger partial charge in [-0.2, -0.15) is 5.26 Å². The minimum Gasteiger partial charge on any atom is -0.489 e. The third kappa shape index (κ3) is 3.03. The molecule has 0 aliphatic rings. The Kier molecular flexibility index (Phi) is 3.86. The van der Waals surface area contributed by atoms with Crippen LogP contribution in [0.1, 0.15) is 16.7 Å². The molecule has 0 bridgehead atoms. The van der Waals surface area contributed by atoms with Crippen molar-refractivity contribution in [2.24, 2.45) is 0 Å². The Bertz CT molecular complexity index is 584. The summed E-state index contributed by atoms with van der Waals surface area (Å²) in [5.74, 6) is 0.740. The van der Waals surface area contributed by atoms with Gasteiger partial charge in [-0.3, -0.25) is 0 Å². The number of rotatable bonds is 3. The van der Waals surface area contributed by atoms with Gasteiger partial charge in [0, 0.05) is 5.02 Å². The Morgan fingerprint density at radius 3 is 2.56 bits per heavy atom. The fourth-order valence-electron chi connectivity index (χ4n) is 1.57. The molecule has 0 heterocycles. The normalized spacial score (nSPS) is 9.83. The summed E-state index contributed by atoms with van der Waals surface area (Å²) in [4.78, 5) is 0. The molecule has 2 aromatic carbocycles. The van der Waals surface area contributed by atoms with Crippen LogP contribution in [-0.2, 0) is 6.61 Å². The second-order valence-corrected chi connectivity index (χ2v) is 4.44. The van der Waals surface area contributed by atoms with Crippen molar-refractivity contribution in [1.29, 1.82) is 5.26 Å². The van der Waals surface area contributed by atoms with Crippen LogP contribution in [0, 0.1) is 18.3 Å². The van der Waals surface area contributed by atoms with Crippen molar-refractivity contribution < 1.29 is 4.74 Å². The third-order valence-corrected chi connectivity index (χ3v) is 2.88. The first-order chi connectivity index (χ1) is 8.69. The number of nitriles is 1. The Labute approximate surface area is 111 Å². The molecule has 0 spiro atoms. The van der Waals surface area contributed by atoms with Gasteiger partial charge in [0.15, 0.2) is 0 Å². The Morgan fingerprint density at radius 2 is 1.89 bits per heavy atom. The lowest BCUT2D eigenvalue weighted by molar-refractivity contribution is 0.304. The van der Waals surface area contributed by atoms with Gasteiger partial charge in [0.1, 0.15) is 12.4 Å². The smallest absolute Gasteiger partial charge is 0.124 e. The zero-order chi connectivity index (χ0) is 13.0. The van der Waals surface area contributed by atoms with E-state index in [1.54, 1.807) is 12.1 Å². The average molecular weight is 258 g/mol. The molecule has 2 nitrogen and oxygen atoms in total. The fraction of sp³-hybridized carbons (Fsp3) is 0.133. The van der Waals surface area contributed by atoms with Crippen LogP contribution < -0.4 is 4.74 Å². The highest BCUT2D eigenvalue weighted by Crippen LogP contribution is 2.20. The van der Waals surface area contributed by atoms with Crippen molar-refractivity contribution in [2.75, 3.05) is 0 Å². The molecule has 0 aliphatic carbocycles. The summed E-state index contributed by atoms with van der Waals surface area (Å²) in [6.45, 7) is 2.42. The number of nitrogens with zero attached hydrogens (tertiary/aromatic N) is 1. The topological polar surface area (TPSA) is 33.0 Å². The van der Waals surface area contributed by atoms with Gasteiger partial charge in [-0.25, -0.2) is 0 Å². The number of hydrogen-bond acceptors (Lipinski definition) is 2. The average Bonchev–Trinajstić information content (AvgIpc) is 2.40. The quantitative estimate of drug-likeness (QED) is 0.829. The van der Waals surface area contributed by atoms with Crippen molar-refractivity contribution in [2.45, 2.75) is 13.5 Å². The highest BCUT2D eigenvalue weighted by molar-refractivity contribution is 6.30. The molecule has 90 valence electrons. The van der Waals surface area contributed by atoms with E-state index in [0.29, 0.717) is 17.2 Å². The van der Waals surface area contributed by atoms with Crippen LogP contribution in [0.25, 0.3) is 0 Å². The molecule has 18 heavy (non-hydrogen) atoms. The van der Waals surface area contributed by atoms with Crippen LogP contribution in [-0.4, -0.2) is 0 Å². The summed E-state index contributed by atoms with van der Waals surface area (Å²) < 4.78 is 5.71. The highest BCUT2D eigenvalue weighted by atomic mass is 35.5. The first-order valence-corrected chi connectivity index (χ1v) is 5.95. The third-order valence-electron chi connectivity index (χ3n) is 2.62. The summed E-state index contributed by atoms with van der Waals surface area (Å²) in [6, 6.07) is 15.0. The van der Waals surface area contributed by atoms with E-state index in [4.69, 9.17) is 21.6 Å². The van der Waals surface area contributed by atoms with Crippen LogP contribution in [0.3, 0.4) is 0 Å². The maximum Gasteiger partial charge on any atom is 0.124 e. The highest BCUT2D eigenvalue weighted by Gasteiger charge is 2.02. The number of aryl methyl sites for hydroxylation is 1. The molecule has 0 saturated carbocycles. The lowest BCUT2D eigenvalue weighted by Gasteiger charge is -2.09. The minimum absolute atomic E-state index is 0.465. The Balaban J connectivity index is 2.10. The molecule has 0 N–H and O–H groups in total. The molecular formula is C15H12ClNO. The predicted molar refractivity (Wildman–Crippen MR) is 71.7 cm³/mol. The maximum absolute atomic E-state index is 8.85. The number of hydrogen-bond donors (Lipinski definition) is 0. The summed E-state index contributed by atoms with van der Waals surface area (Å²) in [6.07, 6.45) is 0. The minimum atomic E-state index is 0.465. The zero-order valence-corrected chi connectivity index (χ0v) is 10.7. The van der Waals surface area contributed by atoms with E-state index in [1.807, 2.05) is 37.3 Å². The lowest BCUT2D eigenvalue weighted by Crippen LogP contribution is -1.97. The first-order valence-electron chi connectivity index (χ1n) is 5.57. The molecule has 2 rings (SSSR count). The number of ether oxygens (including phenoxy) is 1. The molecule has 0 unspecified atom stereocenters. The molecule has 0 fully saturated rings. The Morgan fingerprint density at radius 1 is 1.17 bits per heavy atom. The molecular weight excluding hydrogens is 246 g/mol. The van der Waals surface area contributed by atoms with Gasteiger partial charge in [-0.15, -0.1) is 0 Å². The van der Waals surface area contributed by atoms with Crippen molar-refractivity contribution in [3.05, 3.63) is 64.2 Å². The van der Waals surface area contributed by atoms with Gasteiger partial charge < -0.3 is 4.74 Å². The largest absolute Gasteiger partial charge is 0.489 e. The molecule has 0 aliphatic heterocycles. The maximum atomic E-state index is 8.85. The van der Waals surface area contributed by atoms with Gasteiger partial charge in [0.25, 0.3) is 0 Å². The predicted octanol–water partition coefficient (Wildman–Crippen LogP) is 4.10. The van der Waals surface area contributed by atoms with Crippen LogP contribution in [0.5, 0.6) is 5.75 Å². The van der Waals surface area contributed by atoms with Crippen LogP contribution in [0.15, 0.2) is 42.5 Å². The second kappa shape index (κ2) is 5.57. The standard InChI is InChI=1S/C15H12ClNO/c1-11-2-3-13(9-17)8-15(11)18-10-12-4-6-14(16)7-5-12/h2-8H,10H2,1H3. The van der Waals surface area contributed by atoms with Gasteiger partial charge in [0.05, 0.1) is 11.6 Å². The van der Waals surface area contributed by atoms with Crippen LogP contribution >= 0.6 is 11.6 Å². The van der Waals surface area contributed by atoms with Gasteiger partial charge in [0.2, 0.25) is 0 Å². The van der Waals surface area contributed by atoms with E-state index in [-0.39, 0.29) is 0 Å². The number of benzene rings is 2. The molecule has 2 aromatic rings. The summed E-state index contributed by atoms with van der Waals surface area (Å²) in [5, 5.41) is 9.56. The lowest BCUT2D eigenvalue weighted by atomic mass is 10.1. The SMILES string of the molecule is Cc1ccc(C#N)cc1OCc1ccc(Cl)cc1. The Hall–Kier alpha value is -1.98. The van der Waals surface area contributed by atoms with Crippen molar-refractivity contribution in [3.8, 4) is 11.8 Å². The molecule has 0 radical (unpaired) electrons. The van der Waals surface area contributed by atoms with E-state index < -0.39 is 0 Å². The molecule has 0 atom stereocenters. The molecule has 0 saturated heterocycles. The first kappa shape index (κ1) is 12.5. The summed E-state index contributed by atoms with van der Waals surface area (Å²) >= 11 is 5.82. The van der Waals surface area contributed by atoms with E-state index in [1.165, 1.54) is 0 Å². The van der Waals surface area contributed by atoms with E-state index in [9.17, 15) is 0 Å². The molecule has 3 heteroatoms. The van der Waals surface area contributed by atoms with Crippen LogP contribution in [0.2, 0.25) is 5.02 Å². The van der Waals surface area contributed by atoms with Crippen molar-refractivity contribution in [3.63, 3.8) is 0 Å². The van der Waals surface area contributed by atoms with Gasteiger partial charge in [-0.05, 0) is 42.3 Å². The van der Waals surface area contributed by atoms with E-state index >= 15 is 0 Å². The summed E-state index contributed by atoms with van der Waals surface area (Å²) in [5.41, 5.74) is 2.66. The summed E-state index contributed by atoms with van der Waals surface area (Å²) in [7, 11) is 0. The second-order valence-electron chi connectivity index (χ2n) is 4.01. The zero-order valence-electron chi connectivity index (χ0n) is 9.98. The van der Waals surface area contributed by atoms with Gasteiger partial charge >= 0.3 is 0 Å². The molecule has 0 amide bonds. The van der Waals surface area contributed by atoms with E-state index in [0.717, 1.165) is 16.9 Å². The number of halogens is 1.